The van der Waals surface area contributed by atoms with Gasteiger partial charge in [-0.05, 0) is 34.7 Å². The van der Waals surface area contributed by atoms with Gasteiger partial charge < -0.3 is 10.6 Å². The fourth-order valence-electron chi connectivity index (χ4n) is 2.20. The number of para-hydroxylation sites is 2. The van der Waals surface area contributed by atoms with Crippen LogP contribution in [0.15, 0.2) is 48.5 Å². The molecule has 8 heteroatoms. The number of halogens is 1. The number of nitriles is 1. The minimum atomic E-state index is 0.511. The third-order valence-corrected chi connectivity index (χ3v) is 3.63. The Balaban J connectivity index is 1.61. The molecular formula is C16H14ClN7. The van der Waals surface area contributed by atoms with E-state index < -0.39 is 0 Å². The lowest BCUT2D eigenvalue weighted by Crippen LogP contribution is -2.17. The first-order chi connectivity index (χ1) is 11.8. The van der Waals surface area contributed by atoms with Gasteiger partial charge in [0.25, 0.3) is 0 Å². The Kier molecular flexibility index (Phi) is 4.89. The first-order valence-electron chi connectivity index (χ1n) is 7.30. The predicted octanol–water partition coefficient (Wildman–Crippen LogP) is 2.71. The van der Waals surface area contributed by atoms with Crippen molar-refractivity contribution in [2.24, 2.45) is 0 Å². The van der Waals surface area contributed by atoms with Crippen molar-refractivity contribution < 1.29 is 0 Å². The number of hydrogen-bond acceptors (Lipinski definition) is 6. The summed E-state index contributed by atoms with van der Waals surface area (Å²) in [5.41, 5.74) is 2.01. The van der Waals surface area contributed by atoms with Crippen molar-refractivity contribution in [3.8, 4) is 11.8 Å². The van der Waals surface area contributed by atoms with Gasteiger partial charge in [-0.2, -0.15) is 9.94 Å². The van der Waals surface area contributed by atoms with Crippen LogP contribution in [0, 0.1) is 11.3 Å². The molecule has 0 spiro atoms. The second kappa shape index (κ2) is 7.44. The quantitative estimate of drug-likeness (QED) is 0.671. The normalized spacial score (nSPS) is 10.2. The van der Waals surface area contributed by atoms with Crippen LogP contribution >= 0.6 is 11.6 Å². The highest BCUT2D eigenvalue weighted by Gasteiger charge is 2.08. The molecule has 0 saturated heterocycles. The van der Waals surface area contributed by atoms with Crippen molar-refractivity contribution in [2.75, 3.05) is 23.7 Å². The Morgan fingerprint density at radius 1 is 1.04 bits per heavy atom. The van der Waals surface area contributed by atoms with E-state index in [9.17, 15) is 0 Å². The molecule has 1 aromatic heterocycles. The summed E-state index contributed by atoms with van der Waals surface area (Å²) < 4.78 is 1.62. The van der Waals surface area contributed by atoms with E-state index in [-0.39, 0.29) is 0 Å². The van der Waals surface area contributed by atoms with Gasteiger partial charge in [-0.15, -0.1) is 0 Å². The van der Waals surface area contributed by atoms with Gasteiger partial charge in [0.1, 0.15) is 6.07 Å². The predicted molar refractivity (Wildman–Crippen MR) is 92.3 cm³/mol. The average molecular weight is 340 g/mol. The molecule has 0 aliphatic carbocycles. The van der Waals surface area contributed by atoms with Gasteiger partial charge in [0.05, 0.1) is 22.0 Å². The number of nitrogens with one attached hydrogen (secondary N) is 2. The summed E-state index contributed by atoms with van der Waals surface area (Å²) >= 11 is 6.12. The topological polar surface area (TPSA) is 91.4 Å². The standard InChI is InChI=1S/C16H14ClN7/c17-14-8-4-5-12(11-18)15(14)19-9-10-20-16-21-22-23-24(16)13-6-2-1-3-7-13/h1-8,19H,9-10H2,(H,20,21,23). The van der Waals surface area contributed by atoms with Crippen LogP contribution < -0.4 is 10.6 Å². The van der Waals surface area contributed by atoms with Gasteiger partial charge in [0.15, 0.2) is 0 Å². The first kappa shape index (κ1) is 15.8. The van der Waals surface area contributed by atoms with E-state index >= 15 is 0 Å². The molecule has 0 unspecified atom stereocenters. The Morgan fingerprint density at radius 3 is 2.62 bits per heavy atom. The first-order valence-corrected chi connectivity index (χ1v) is 7.67. The highest BCUT2D eigenvalue weighted by Crippen LogP contribution is 2.25. The van der Waals surface area contributed by atoms with Gasteiger partial charge in [0, 0.05) is 13.1 Å². The van der Waals surface area contributed by atoms with Crippen LogP contribution in [0.1, 0.15) is 5.56 Å². The summed E-state index contributed by atoms with van der Waals surface area (Å²) in [6.45, 7) is 1.11. The molecule has 0 amide bonds. The largest absolute Gasteiger partial charge is 0.381 e. The number of anilines is 2. The molecule has 0 bridgehead atoms. The molecule has 3 aromatic rings. The maximum atomic E-state index is 9.12. The van der Waals surface area contributed by atoms with E-state index in [0.29, 0.717) is 35.3 Å². The van der Waals surface area contributed by atoms with Crippen LogP contribution in [-0.2, 0) is 0 Å². The molecule has 2 aromatic carbocycles. The third kappa shape index (κ3) is 3.45. The zero-order valence-corrected chi connectivity index (χ0v) is 13.4. The van der Waals surface area contributed by atoms with E-state index in [4.69, 9.17) is 16.9 Å². The molecule has 0 saturated carbocycles. The lowest BCUT2D eigenvalue weighted by atomic mass is 10.2. The molecule has 0 aliphatic heterocycles. The van der Waals surface area contributed by atoms with Crippen LogP contribution in [0.4, 0.5) is 11.6 Å². The Labute approximate surface area is 143 Å². The number of aromatic nitrogens is 4. The van der Waals surface area contributed by atoms with Crippen LogP contribution in [-0.4, -0.2) is 33.3 Å². The summed E-state index contributed by atoms with van der Waals surface area (Å²) in [6.07, 6.45) is 0. The van der Waals surface area contributed by atoms with Crippen molar-refractivity contribution in [1.29, 1.82) is 5.26 Å². The monoisotopic (exact) mass is 339 g/mol. The molecule has 2 N–H and O–H groups in total. The number of benzene rings is 2. The molecule has 120 valence electrons. The zero-order chi connectivity index (χ0) is 16.8. The van der Waals surface area contributed by atoms with E-state index in [0.717, 1.165) is 5.69 Å². The lowest BCUT2D eigenvalue weighted by molar-refractivity contribution is 0.789. The minimum Gasteiger partial charge on any atom is -0.381 e. The van der Waals surface area contributed by atoms with Crippen molar-refractivity contribution in [2.45, 2.75) is 0 Å². The highest BCUT2D eigenvalue weighted by molar-refractivity contribution is 6.33. The molecule has 0 atom stereocenters. The van der Waals surface area contributed by atoms with E-state index in [1.54, 1.807) is 22.9 Å². The van der Waals surface area contributed by atoms with Gasteiger partial charge in [-0.25, -0.2) is 0 Å². The number of hydrogen-bond donors (Lipinski definition) is 2. The maximum Gasteiger partial charge on any atom is 0.247 e. The summed E-state index contributed by atoms with van der Waals surface area (Å²) in [7, 11) is 0. The Morgan fingerprint density at radius 2 is 1.83 bits per heavy atom. The lowest BCUT2D eigenvalue weighted by Gasteiger charge is -2.11. The van der Waals surface area contributed by atoms with Gasteiger partial charge in [-0.3, -0.25) is 0 Å². The van der Waals surface area contributed by atoms with Crippen LogP contribution in [0.5, 0.6) is 0 Å². The number of nitrogens with zero attached hydrogens (tertiary/aromatic N) is 5. The van der Waals surface area contributed by atoms with E-state index in [2.05, 4.69) is 32.2 Å². The average Bonchev–Trinajstić information content (AvgIpc) is 3.09. The molecule has 0 aliphatic rings. The molecule has 3 rings (SSSR count). The van der Waals surface area contributed by atoms with Gasteiger partial charge in [0.2, 0.25) is 5.95 Å². The SMILES string of the molecule is N#Cc1cccc(Cl)c1NCCNc1nnnn1-c1ccccc1. The summed E-state index contributed by atoms with van der Waals surface area (Å²) in [6, 6.07) is 16.9. The van der Waals surface area contributed by atoms with Crippen molar-refractivity contribution in [3.63, 3.8) is 0 Å². The van der Waals surface area contributed by atoms with Crippen molar-refractivity contribution in [1.82, 2.24) is 20.2 Å². The highest BCUT2D eigenvalue weighted by atomic mass is 35.5. The second-order valence-corrected chi connectivity index (χ2v) is 5.28. The fourth-order valence-corrected chi connectivity index (χ4v) is 2.44. The Bertz CT molecular complexity index is 854. The van der Waals surface area contributed by atoms with Gasteiger partial charge in [-0.1, -0.05) is 41.0 Å². The molecule has 0 fully saturated rings. The zero-order valence-electron chi connectivity index (χ0n) is 12.6. The minimum absolute atomic E-state index is 0.511. The summed E-state index contributed by atoms with van der Waals surface area (Å²) in [5, 5.41) is 27.6. The smallest absolute Gasteiger partial charge is 0.247 e. The van der Waals surface area contributed by atoms with Crippen molar-refractivity contribution in [3.05, 3.63) is 59.1 Å². The number of rotatable bonds is 6. The van der Waals surface area contributed by atoms with Gasteiger partial charge >= 0.3 is 0 Å². The maximum absolute atomic E-state index is 9.12. The molecule has 7 nitrogen and oxygen atoms in total. The molecule has 1 heterocycles. The fraction of sp³-hybridized carbons (Fsp3) is 0.125. The van der Waals surface area contributed by atoms with E-state index in [1.165, 1.54) is 0 Å². The van der Waals surface area contributed by atoms with Crippen LogP contribution in [0.3, 0.4) is 0 Å². The summed E-state index contributed by atoms with van der Waals surface area (Å²) in [5.74, 6) is 0.544. The summed E-state index contributed by atoms with van der Waals surface area (Å²) in [4.78, 5) is 0. The second-order valence-electron chi connectivity index (χ2n) is 4.88. The van der Waals surface area contributed by atoms with Crippen LogP contribution in [0.25, 0.3) is 5.69 Å². The Hall–Kier alpha value is -3.11. The molecule has 0 radical (unpaired) electrons. The van der Waals surface area contributed by atoms with Crippen molar-refractivity contribution >= 4 is 23.2 Å². The molecular weight excluding hydrogens is 326 g/mol. The van der Waals surface area contributed by atoms with Crippen LogP contribution in [0.2, 0.25) is 5.02 Å². The van der Waals surface area contributed by atoms with E-state index in [1.807, 2.05) is 30.3 Å². The number of tetrazole rings is 1. The third-order valence-electron chi connectivity index (χ3n) is 3.31. The molecule has 24 heavy (non-hydrogen) atoms.